The first-order valence-electron chi connectivity index (χ1n) is 6.96. The number of rotatable bonds is 1. The van der Waals surface area contributed by atoms with Crippen LogP contribution in [-0.4, -0.2) is 19.7 Å². The van der Waals surface area contributed by atoms with Crippen LogP contribution in [0.2, 0.25) is 5.15 Å². The summed E-state index contributed by atoms with van der Waals surface area (Å²) in [7, 11) is 1.92. The molecule has 0 saturated heterocycles. The third-order valence-electron chi connectivity index (χ3n) is 3.66. The zero-order valence-corrected chi connectivity index (χ0v) is 13.1. The molecule has 0 aliphatic heterocycles. The number of nitrogens with zero attached hydrogens (tertiary/aromatic N) is 4. The molecule has 0 spiro atoms. The Morgan fingerprint density at radius 2 is 1.95 bits per heavy atom. The topological polar surface area (TPSA) is 43.6 Å². The summed E-state index contributed by atoms with van der Waals surface area (Å²) in [5, 5.41) is 5.18. The van der Waals surface area contributed by atoms with Crippen LogP contribution in [0.5, 0.6) is 0 Å². The van der Waals surface area contributed by atoms with E-state index in [1.165, 1.54) is 0 Å². The Hall–Kier alpha value is -1.42. The Morgan fingerprint density at radius 3 is 2.65 bits per heavy atom. The van der Waals surface area contributed by atoms with Crippen molar-refractivity contribution in [3.63, 3.8) is 0 Å². The van der Waals surface area contributed by atoms with E-state index < -0.39 is 0 Å². The van der Waals surface area contributed by atoms with E-state index in [1.807, 2.05) is 17.9 Å². The second kappa shape index (κ2) is 4.55. The van der Waals surface area contributed by atoms with Crippen molar-refractivity contribution >= 4 is 11.6 Å². The molecule has 0 atom stereocenters. The van der Waals surface area contributed by atoms with Gasteiger partial charge in [-0.05, 0) is 19.3 Å². The summed E-state index contributed by atoms with van der Waals surface area (Å²) in [5.74, 6) is 0.702. The first kappa shape index (κ1) is 13.6. The van der Waals surface area contributed by atoms with Gasteiger partial charge in [-0.1, -0.05) is 32.4 Å². The lowest BCUT2D eigenvalue weighted by atomic mass is 9.89. The average molecular weight is 291 g/mol. The Bertz CT molecular complexity index is 667. The summed E-state index contributed by atoms with van der Waals surface area (Å²) < 4.78 is 1.82. The van der Waals surface area contributed by atoms with Gasteiger partial charge in [0.25, 0.3) is 0 Å². The van der Waals surface area contributed by atoms with Gasteiger partial charge >= 0.3 is 0 Å². The molecule has 1 aliphatic rings. The molecule has 0 aromatic carbocycles. The molecule has 0 bridgehead atoms. The summed E-state index contributed by atoms with van der Waals surface area (Å²) in [6, 6.07) is 0. The van der Waals surface area contributed by atoms with Gasteiger partial charge < -0.3 is 0 Å². The second-order valence-corrected chi connectivity index (χ2v) is 6.79. The van der Waals surface area contributed by atoms with Crippen LogP contribution in [0.3, 0.4) is 0 Å². The average Bonchev–Trinajstić information content (AvgIpc) is 2.94. The van der Waals surface area contributed by atoms with Crippen molar-refractivity contribution in [3.8, 4) is 11.4 Å². The lowest BCUT2D eigenvalue weighted by molar-refractivity contribution is 0.554. The number of hydrogen-bond acceptors (Lipinski definition) is 3. The molecule has 3 rings (SSSR count). The first-order valence-corrected chi connectivity index (χ1v) is 7.34. The predicted molar refractivity (Wildman–Crippen MR) is 80.0 cm³/mol. The molecule has 2 aromatic rings. The van der Waals surface area contributed by atoms with Crippen LogP contribution in [0.25, 0.3) is 11.4 Å². The molecule has 106 valence electrons. The summed E-state index contributed by atoms with van der Waals surface area (Å²) >= 11 is 6.32. The Kier molecular flexibility index (Phi) is 3.09. The largest absolute Gasteiger partial charge is 0.275 e. The molecule has 0 unspecified atom stereocenters. The number of aryl methyl sites for hydroxylation is 2. The summed E-state index contributed by atoms with van der Waals surface area (Å²) in [5.41, 5.74) is 4.16. The third-order valence-corrected chi connectivity index (χ3v) is 3.98. The lowest BCUT2D eigenvalue weighted by Crippen LogP contribution is -2.14. The smallest absolute Gasteiger partial charge is 0.164 e. The highest BCUT2D eigenvalue weighted by atomic mass is 35.5. The fraction of sp³-hybridized carbons (Fsp3) is 0.533. The van der Waals surface area contributed by atoms with Crippen LogP contribution >= 0.6 is 11.6 Å². The van der Waals surface area contributed by atoms with Gasteiger partial charge in [0.1, 0.15) is 5.15 Å². The quantitative estimate of drug-likeness (QED) is 0.757. The number of fused-ring (bicyclic) bond motifs is 1. The van der Waals surface area contributed by atoms with E-state index in [1.54, 1.807) is 0 Å². The standard InChI is InChI=1S/C15H19ClN4/c1-15(2,3)12-10(8-20(4)19-12)14-17-11-7-5-6-9(11)13(16)18-14/h8H,5-7H2,1-4H3. The molecular weight excluding hydrogens is 272 g/mol. The molecule has 4 nitrogen and oxygen atoms in total. The number of hydrogen-bond donors (Lipinski definition) is 0. The minimum Gasteiger partial charge on any atom is -0.275 e. The first-order chi connectivity index (χ1) is 9.36. The summed E-state index contributed by atoms with van der Waals surface area (Å²) in [4.78, 5) is 9.23. The highest BCUT2D eigenvalue weighted by Gasteiger charge is 2.26. The molecule has 1 aliphatic carbocycles. The van der Waals surface area contributed by atoms with Gasteiger partial charge in [0.15, 0.2) is 5.82 Å². The van der Waals surface area contributed by atoms with Gasteiger partial charge in [-0.25, -0.2) is 9.97 Å². The van der Waals surface area contributed by atoms with Gasteiger partial charge in [0.2, 0.25) is 0 Å². The van der Waals surface area contributed by atoms with Crippen molar-refractivity contribution in [3.05, 3.63) is 28.3 Å². The fourth-order valence-electron chi connectivity index (χ4n) is 2.71. The van der Waals surface area contributed by atoms with E-state index in [0.29, 0.717) is 11.0 Å². The molecule has 0 saturated carbocycles. The van der Waals surface area contributed by atoms with E-state index in [0.717, 1.165) is 41.8 Å². The van der Waals surface area contributed by atoms with Gasteiger partial charge in [-0.3, -0.25) is 4.68 Å². The molecule has 0 radical (unpaired) electrons. The molecule has 0 fully saturated rings. The number of halogens is 1. The van der Waals surface area contributed by atoms with Crippen LogP contribution < -0.4 is 0 Å². The lowest BCUT2D eigenvalue weighted by Gasteiger charge is -2.17. The van der Waals surface area contributed by atoms with E-state index in [9.17, 15) is 0 Å². The number of aromatic nitrogens is 4. The van der Waals surface area contributed by atoms with E-state index in [2.05, 4.69) is 30.9 Å². The van der Waals surface area contributed by atoms with Crippen LogP contribution in [0.1, 0.15) is 44.1 Å². The molecule has 0 N–H and O–H groups in total. The molecule has 2 heterocycles. The molecule has 2 aromatic heterocycles. The highest BCUT2D eigenvalue weighted by molar-refractivity contribution is 6.30. The van der Waals surface area contributed by atoms with Gasteiger partial charge in [0.05, 0.1) is 11.3 Å². The molecule has 5 heteroatoms. The van der Waals surface area contributed by atoms with Gasteiger partial charge in [-0.2, -0.15) is 5.10 Å². The van der Waals surface area contributed by atoms with E-state index >= 15 is 0 Å². The maximum atomic E-state index is 6.32. The Morgan fingerprint density at radius 1 is 1.20 bits per heavy atom. The van der Waals surface area contributed by atoms with Crippen LogP contribution in [-0.2, 0) is 25.3 Å². The molecule has 0 amide bonds. The summed E-state index contributed by atoms with van der Waals surface area (Å²) in [6.07, 6.45) is 5.09. The van der Waals surface area contributed by atoms with E-state index in [4.69, 9.17) is 16.6 Å². The second-order valence-electron chi connectivity index (χ2n) is 6.43. The SMILES string of the molecule is Cn1cc(-c2nc(Cl)c3c(n2)CCC3)c(C(C)(C)C)n1. The van der Waals surface area contributed by atoms with Crippen molar-refractivity contribution in [2.75, 3.05) is 0 Å². The van der Waals surface area contributed by atoms with Crippen molar-refractivity contribution in [2.24, 2.45) is 7.05 Å². The van der Waals surface area contributed by atoms with E-state index in [-0.39, 0.29) is 5.41 Å². The normalized spacial score (nSPS) is 14.7. The fourth-order valence-corrected chi connectivity index (χ4v) is 3.00. The predicted octanol–water partition coefficient (Wildman–Crippen LogP) is 3.32. The highest BCUT2D eigenvalue weighted by Crippen LogP contribution is 2.33. The monoisotopic (exact) mass is 290 g/mol. The zero-order valence-electron chi connectivity index (χ0n) is 12.4. The van der Waals surface area contributed by atoms with Crippen LogP contribution in [0.15, 0.2) is 6.20 Å². The van der Waals surface area contributed by atoms with Crippen molar-refractivity contribution in [1.29, 1.82) is 0 Å². The van der Waals surface area contributed by atoms with Crippen molar-refractivity contribution in [2.45, 2.75) is 45.4 Å². The maximum absolute atomic E-state index is 6.32. The van der Waals surface area contributed by atoms with Crippen LogP contribution in [0, 0.1) is 0 Å². The Labute approximate surface area is 124 Å². The zero-order chi connectivity index (χ0) is 14.5. The Balaban J connectivity index is 2.17. The molecule has 20 heavy (non-hydrogen) atoms. The minimum atomic E-state index is -0.0502. The van der Waals surface area contributed by atoms with Gasteiger partial charge in [-0.15, -0.1) is 0 Å². The van der Waals surface area contributed by atoms with Crippen molar-refractivity contribution in [1.82, 2.24) is 19.7 Å². The molecular formula is C15H19ClN4. The van der Waals surface area contributed by atoms with Crippen molar-refractivity contribution < 1.29 is 0 Å². The third kappa shape index (κ3) is 2.22. The maximum Gasteiger partial charge on any atom is 0.164 e. The van der Waals surface area contributed by atoms with Crippen LogP contribution in [0.4, 0.5) is 0 Å². The minimum absolute atomic E-state index is 0.0502. The van der Waals surface area contributed by atoms with Gasteiger partial charge in [0, 0.05) is 29.9 Å². The summed E-state index contributed by atoms with van der Waals surface area (Å²) in [6.45, 7) is 6.44.